The zero-order valence-corrected chi connectivity index (χ0v) is 19.9. The molecule has 12 heteroatoms. The second-order valence-corrected chi connectivity index (χ2v) is 10.0. The van der Waals surface area contributed by atoms with Crippen molar-refractivity contribution in [1.29, 1.82) is 0 Å². The van der Waals surface area contributed by atoms with Crippen LogP contribution in [0.4, 0.5) is 0 Å². The molecule has 1 fully saturated rings. The van der Waals surface area contributed by atoms with Crippen LogP contribution in [0.1, 0.15) is 35.2 Å². The SMILES string of the molecule is Cc1ccc(C=Cc2nc(=S)n(CN3CCCN(S(=O)(=O)c4c(C)noc4C)CC3)[nH]2)o1. The maximum absolute atomic E-state index is 13.1. The maximum atomic E-state index is 13.1. The van der Waals surface area contributed by atoms with Crippen molar-refractivity contribution < 1.29 is 17.4 Å². The molecule has 1 N–H and O–H groups in total. The number of rotatable bonds is 6. The molecule has 0 aliphatic carbocycles. The lowest BCUT2D eigenvalue weighted by atomic mass is 10.4. The number of nitrogens with zero attached hydrogens (tertiary/aromatic N) is 5. The van der Waals surface area contributed by atoms with Gasteiger partial charge in [-0.3, -0.25) is 10.00 Å². The Morgan fingerprint density at radius 1 is 1.16 bits per heavy atom. The first-order valence-electron chi connectivity index (χ1n) is 10.3. The number of furan rings is 1. The Morgan fingerprint density at radius 3 is 2.66 bits per heavy atom. The largest absolute Gasteiger partial charge is 0.462 e. The van der Waals surface area contributed by atoms with Gasteiger partial charge in [0.2, 0.25) is 14.8 Å². The van der Waals surface area contributed by atoms with E-state index in [1.807, 2.05) is 31.2 Å². The molecule has 0 unspecified atom stereocenters. The van der Waals surface area contributed by atoms with Gasteiger partial charge in [0.1, 0.15) is 27.9 Å². The Kier molecular flexibility index (Phi) is 6.47. The van der Waals surface area contributed by atoms with Gasteiger partial charge in [0.25, 0.3) is 0 Å². The first-order chi connectivity index (χ1) is 15.2. The Balaban J connectivity index is 1.42. The molecule has 0 spiro atoms. The van der Waals surface area contributed by atoms with Crippen molar-refractivity contribution >= 4 is 34.4 Å². The molecule has 3 aromatic heterocycles. The average molecular weight is 479 g/mol. The number of aromatic amines is 1. The number of aromatic nitrogens is 4. The number of nitrogens with one attached hydrogen (secondary N) is 1. The van der Waals surface area contributed by atoms with Crippen LogP contribution in [0.3, 0.4) is 0 Å². The van der Waals surface area contributed by atoms with Crippen LogP contribution in [-0.2, 0) is 16.7 Å². The van der Waals surface area contributed by atoms with Crippen LogP contribution in [0.25, 0.3) is 12.2 Å². The molecule has 0 amide bonds. The van der Waals surface area contributed by atoms with Crippen molar-refractivity contribution in [2.24, 2.45) is 0 Å². The van der Waals surface area contributed by atoms with Crippen molar-refractivity contribution in [3.63, 3.8) is 0 Å². The molecule has 0 atom stereocenters. The summed E-state index contributed by atoms with van der Waals surface area (Å²) in [6, 6.07) is 3.78. The van der Waals surface area contributed by atoms with E-state index in [-0.39, 0.29) is 4.90 Å². The van der Waals surface area contributed by atoms with Crippen LogP contribution in [0.2, 0.25) is 0 Å². The zero-order valence-electron chi connectivity index (χ0n) is 18.2. The van der Waals surface area contributed by atoms with Crippen LogP contribution < -0.4 is 0 Å². The lowest BCUT2D eigenvalue weighted by molar-refractivity contribution is 0.216. The molecule has 0 saturated carbocycles. The summed E-state index contributed by atoms with van der Waals surface area (Å²) in [6.07, 6.45) is 4.34. The van der Waals surface area contributed by atoms with E-state index < -0.39 is 10.0 Å². The predicted molar refractivity (Wildman–Crippen MR) is 121 cm³/mol. The fraction of sp³-hybridized carbons (Fsp3) is 0.450. The highest BCUT2D eigenvalue weighted by Crippen LogP contribution is 2.24. The molecular formula is C20H26N6O4S2. The van der Waals surface area contributed by atoms with Gasteiger partial charge >= 0.3 is 0 Å². The summed E-state index contributed by atoms with van der Waals surface area (Å²) >= 11 is 5.39. The van der Waals surface area contributed by atoms with E-state index in [1.54, 1.807) is 18.5 Å². The van der Waals surface area contributed by atoms with Gasteiger partial charge in [-0.2, -0.15) is 9.29 Å². The quantitative estimate of drug-likeness (QED) is 0.538. The third kappa shape index (κ3) is 4.77. The lowest BCUT2D eigenvalue weighted by Crippen LogP contribution is -2.36. The van der Waals surface area contributed by atoms with E-state index in [4.69, 9.17) is 21.2 Å². The Morgan fingerprint density at radius 2 is 1.97 bits per heavy atom. The summed E-state index contributed by atoms with van der Waals surface area (Å²) in [7, 11) is -3.65. The van der Waals surface area contributed by atoms with Gasteiger partial charge in [0.15, 0.2) is 5.76 Å². The fourth-order valence-electron chi connectivity index (χ4n) is 3.75. The molecule has 1 aliphatic heterocycles. The van der Waals surface area contributed by atoms with Gasteiger partial charge in [-0.05, 0) is 63.7 Å². The highest BCUT2D eigenvalue weighted by Gasteiger charge is 2.32. The summed E-state index contributed by atoms with van der Waals surface area (Å²) in [5.41, 5.74) is 0.387. The smallest absolute Gasteiger partial charge is 0.248 e. The Labute approximate surface area is 191 Å². The minimum atomic E-state index is -3.65. The van der Waals surface area contributed by atoms with E-state index in [0.29, 0.717) is 54.8 Å². The van der Waals surface area contributed by atoms with E-state index >= 15 is 0 Å². The normalized spacial score (nSPS) is 16.7. The highest BCUT2D eigenvalue weighted by molar-refractivity contribution is 7.89. The zero-order chi connectivity index (χ0) is 22.9. The van der Waals surface area contributed by atoms with Crippen molar-refractivity contribution in [3.05, 3.63) is 45.7 Å². The van der Waals surface area contributed by atoms with Crippen LogP contribution >= 0.6 is 12.2 Å². The topological polar surface area (TPSA) is 113 Å². The summed E-state index contributed by atoms with van der Waals surface area (Å²) in [6.45, 7) is 7.78. The van der Waals surface area contributed by atoms with E-state index in [2.05, 4.69) is 20.1 Å². The van der Waals surface area contributed by atoms with Gasteiger partial charge in [-0.1, -0.05) is 5.16 Å². The van der Waals surface area contributed by atoms with Crippen LogP contribution in [-0.4, -0.2) is 63.7 Å². The minimum absolute atomic E-state index is 0.171. The van der Waals surface area contributed by atoms with E-state index in [0.717, 1.165) is 18.1 Å². The summed E-state index contributed by atoms with van der Waals surface area (Å²) in [5, 5.41) is 6.97. The van der Waals surface area contributed by atoms with Gasteiger partial charge in [-0.15, -0.1) is 0 Å². The first kappa shape index (κ1) is 22.6. The summed E-state index contributed by atoms with van der Waals surface area (Å²) < 4.78 is 40.5. The predicted octanol–water partition coefficient (Wildman–Crippen LogP) is 2.97. The van der Waals surface area contributed by atoms with Crippen molar-refractivity contribution in [1.82, 2.24) is 29.1 Å². The monoisotopic (exact) mass is 478 g/mol. The third-order valence-electron chi connectivity index (χ3n) is 5.32. The van der Waals surface area contributed by atoms with Crippen molar-refractivity contribution in [2.75, 3.05) is 26.2 Å². The minimum Gasteiger partial charge on any atom is -0.462 e. The van der Waals surface area contributed by atoms with Crippen molar-refractivity contribution in [2.45, 2.75) is 38.8 Å². The molecule has 10 nitrogen and oxygen atoms in total. The molecular weight excluding hydrogens is 452 g/mol. The second kappa shape index (κ2) is 9.14. The molecule has 172 valence electrons. The number of sulfonamides is 1. The van der Waals surface area contributed by atoms with E-state index in [9.17, 15) is 8.42 Å². The molecule has 32 heavy (non-hydrogen) atoms. The molecule has 1 aliphatic rings. The van der Waals surface area contributed by atoms with Gasteiger partial charge in [-0.25, -0.2) is 13.1 Å². The lowest BCUT2D eigenvalue weighted by Gasteiger charge is -2.21. The molecule has 0 radical (unpaired) electrons. The molecule has 4 rings (SSSR count). The summed E-state index contributed by atoms with van der Waals surface area (Å²) in [5.74, 6) is 2.53. The maximum Gasteiger partial charge on any atom is 0.248 e. The Hall–Kier alpha value is -2.54. The van der Waals surface area contributed by atoms with Crippen LogP contribution in [0.5, 0.6) is 0 Å². The molecule has 3 aromatic rings. The molecule has 0 aromatic carbocycles. The summed E-state index contributed by atoms with van der Waals surface area (Å²) in [4.78, 5) is 6.70. The van der Waals surface area contributed by atoms with E-state index in [1.165, 1.54) is 4.31 Å². The second-order valence-electron chi connectivity index (χ2n) is 7.77. The van der Waals surface area contributed by atoms with Crippen LogP contribution in [0.15, 0.2) is 26.0 Å². The van der Waals surface area contributed by atoms with Gasteiger partial charge in [0, 0.05) is 26.2 Å². The van der Waals surface area contributed by atoms with Gasteiger partial charge < -0.3 is 8.94 Å². The number of H-pyrrole nitrogens is 1. The van der Waals surface area contributed by atoms with Crippen LogP contribution in [0, 0.1) is 25.5 Å². The Bertz CT molecular complexity index is 1260. The molecule has 0 bridgehead atoms. The number of aryl methyl sites for hydroxylation is 3. The highest BCUT2D eigenvalue weighted by atomic mass is 32.2. The first-order valence-corrected chi connectivity index (χ1v) is 12.2. The standard InChI is InChI=1S/C20H26N6O4S2/c1-14-5-6-17(29-14)7-8-18-21-20(31)26(22-18)13-24-9-4-10-25(12-11-24)32(27,28)19-15(2)23-30-16(19)3/h5-8H,4,9-13H2,1-3H3,(H,21,22,31). The average Bonchev–Trinajstić information content (AvgIpc) is 3.34. The number of hydrogen-bond acceptors (Lipinski definition) is 8. The number of hydrogen-bond donors (Lipinski definition) is 1. The molecule has 1 saturated heterocycles. The van der Waals surface area contributed by atoms with Crippen molar-refractivity contribution in [3.8, 4) is 0 Å². The van der Waals surface area contributed by atoms with Gasteiger partial charge in [0.05, 0.1) is 6.67 Å². The third-order valence-corrected chi connectivity index (χ3v) is 7.77. The molecule has 4 heterocycles. The fourth-order valence-corrected chi connectivity index (χ4v) is 5.71.